The van der Waals surface area contributed by atoms with Crippen LogP contribution in [-0.4, -0.2) is 64.9 Å². The second-order valence-corrected chi connectivity index (χ2v) is 9.08. The summed E-state index contributed by atoms with van der Waals surface area (Å²) in [6.07, 6.45) is 3.27. The van der Waals surface area contributed by atoms with Gasteiger partial charge in [-0.15, -0.1) is 0 Å². The third-order valence-corrected chi connectivity index (χ3v) is 6.94. The minimum Gasteiger partial charge on any atom is -0.340 e. The van der Waals surface area contributed by atoms with E-state index >= 15 is 0 Å². The summed E-state index contributed by atoms with van der Waals surface area (Å²) in [6.45, 7) is 6.83. The first kappa shape index (κ1) is 21.4. The molecule has 2 aliphatic rings. The second-order valence-electron chi connectivity index (χ2n) is 8.23. The van der Waals surface area contributed by atoms with Gasteiger partial charge < -0.3 is 4.90 Å². The van der Waals surface area contributed by atoms with E-state index in [1.54, 1.807) is 0 Å². The summed E-state index contributed by atoms with van der Waals surface area (Å²) >= 11 is 3.62. The molecule has 3 heterocycles. The summed E-state index contributed by atoms with van der Waals surface area (Å²) in [5.74, 6) is -0.00767. The molecule has 2 fully saturated rings. The van der Waals surface area contributed by atoms with E-state index in [1.807, 2.05) is 12.1 Å². The van der Waals surface area contributed by atoms with E-state index in [0.29, 0.717) is 12.5 Å². The van der Waals surface area contributed by atoms with Crippen LogP contribution in [0.15, 0.2) is 47.1 Å². The number of piperidine rings is 1. The van der Waals surface area contributed by atoms with Crippen LogP contribution in [0.5, 0.6) is 0 Å². The maximum atomic E-state index is 13.3. The van der Waals surface area contributed by atoms with Crippen molar-refractivity contribution < 1.29 is 9.18 Å². The van der Waals surface area contributed by atoms with Crippen molar-refractivity contribution in [3.63, 3.8) is 0 Å². The van der Waals surface area contributed by atoms with Crippen LogP contribution < -0.4 is 0 Å². The fourth-order valence-corrected chi connectivity index (χ4v) is 4.80. The fourth-order valence-electron chi connectivity index (χ4n) is 4.39. The number of piperazine rings is 1. The quantitative estimate of drug-likeness (QED) is 0.621. The van der Waals surface area contributed by atoms with E-state index in [2.05, 4.69) is 53.8 Å². The number of carbonyl (C=O) groups excluding carboxylic acids is 1. The van der Waals surface area contributed by atoms with Crippen molar-refractivity contribution in [2.75, 3.05) is 39.3 Å². The molecule has 30 heavy (non-hydrogen) atoms. The number of hydrogen-bond acceptors (Lipinski definition) is 4. The number of pyridine rings is 1. The first-order valence-corrected chi connectivity index (χ1v) is 11.4. The summed E-state index contributed by atoms with van der Waals surface area (Å²) in [5, 5.41) is 0. The van der Waals surface area contributed by atoms with Gasteiger partial charge in [-0.3, -0.25) is 14.6 Å². The molecule has 1 aromatic carbocycles. The molecule has 7 heteroatoms. The molecule has 0 spiro atoms. The van der Waals surface area contributed by atoms with E-state index in [-0.39, 0.29) is 5.92 Å². The Balaban J connectivity index is 1.22. The largest absolute Gasteiger partial charge is 0.340 e. The molecule has 0 atom stereocenters. The molecular formula is C23H28BrFN4O. The van der Waals surface area contributed by atoms with Crippen molar-refractivity contribution in [3.05, 3.63) is 64.1 Å². The summed E-state index contributed by atoms with van der Waals surface area (Å²) < 4.78 is 14.4. The summed E-state index contributed by atoms with van der Waals surface area (Å²) in [4.78, 5) is 23.4. The van der Waals surface area contributed by atoms with Crippen molar-refractivity contribution in [1.82, 2.24) is 19.7 Å². The van der Waals surface area contributed by atoms with Crippen molar-refractivity contribution in [1.29, 1.82) is 0 Å². The first-order valence-electron chi connectivity index (χ1n) is 10.7. The summed E-state index contributed by atoms with van der Waals surface area (Å²) in [7, 11) is 0. The van der Waals surface area contributed by atoms with Gasteiger partial charge in [-0.2, -0.15) is 4.39 Å². The van der Waals surface area contributed by atoms with Crippen molar-refractivity contribution in [2.24, 2.45) is 5.92 Å². The predicted octanol–water partition coefficient (Wildman–Crippen LogP) is 3.54. The Morgan fingerprint density at radius 1 is 1.00 bits per heavy atom. The standard InChI is InChI=1S/C23H28BrFN4O/c24-21-4-2-1-3-20(21)17-28-11-13-29(14-12-28)23(30)19-6-9-27(10-7-19)16-18-5-8-26-22(25)15-18/h1-5,8,15,19H,6-7,9-14,16-17H2. The van der Waals surface area contributed by atoms with Crippen LogP contribution in [0.3, 0.4) is 0 Å². The van der Waals surface area contributed by atoms with Gasteiger partial charge >= 0.3 is 0 Å². The Morgan fingerprint density at radius 2 is 1.70 bits per heavy atom. The molecule has 1 aromatic heterocycles. The van der Waals surface area contributed by atoms with E-state index in [1.165, 1.54) is 17.8 Å². The van der Waals surface area contributed by atoms with Crippen LogP contribution >= 0.6 is 15.9 Å². The number of hydrogen-bond donors (Lipinski definition) is 0. The number of nitrogens with zero attached hydrogens (tertiary/aromatic N) is 4. The van der Waals surface area contributed by atoms with Gasteiger partial charge in [0.1, 0.15) is 0 Å². The van der Waals surface area contributed by atoms with Gasteiger partial charge in [0.05, 0.1) is 0 Å². The van der Waals surface area contributed by atoms with Crippen LogP contribution in [-0.2, 0) is 17.9 Å². The third kappa shape index (κ3) is 5.45. The Morgan fingerprint density at radius 3 is 2.40 bits per heavy atom. The van der Waals surface area contributed by atoms with Crippen LogP contribution in [0.25, 0.3) is 0 Å². The number of amides is 1. The molecule has 1 amide bonds. The van der Waals surface area contributed by atoms with Crippen LogP contribution in [0.2, 0.25) is 0 Å². The van der Waals surface area contributed by atoms with Gasteiger partial charge in [-0.05, 0) is 55.3 Å². The Bertz CT molecular complexity index is 864. The lowest BCUT2D eigenvalue weighted by Crippen LogP contribution is -2.51. The van der Waals surface area contributed by atoms with E-state index in [4.69, 9.17) is 0 Å². The van der Waals surface area contributed by atoms with Gasteiger partial charge in [0.25, 0.3) is 0 Å². The highest BCUT2D eigenvalue weighted by atomic mass is 79.9. The molecule has 5 nitrogen and oxygen atoms in total. The van der Waals surface area contributed by atoms with Gasteiger partial charge in [0.15, 0.2) is 0 Å². The molecule has 0 aliphatic carbocycles. The Kier molecular flexibility index (Phi) is 7.12. The predicted molar refractivity (Wildman–Crippen MR) is 118 cm³/mol. The second kappa shape index (κ2) is 9.98. The maximum Gasteiger partial charge on any atom is 0.225 e. The average Bonchev–Trinajstić information content (AvgIpc) is 2.76. The SMILES string of the molecule is O=C(C1CCN(Cc2ccnc(F)c2)CC1)N1CCN(Cc2ccccc2Br)CC1. The zero-order chi connectivity index (χ0) is 20.9. The molecule has 0 bridgehead atoms. The number of halogens is 2. The molecule has 160 valence electrons. The molecule has 0 radical (unpaired) electrons. The molecule has 4 rings (SSSR count). The topological polar surface area (TPSA) is 39.7 Å². The fraction of sp³-hybridized carbons (Fsp3) is 0.478. The zero-order valence-corrected chi connectivity index (χ0v) is 18.7. The summed E-state index contributed by atoms with van der Waals surface area (Å²) in [6, 6.07) is 11.7. The number of benzene rings is 1. The van der Waals surface area contributed by atoms with Gasteiger partial charge in [0.2, 0.25) is 11.9 Å². The molecule has 0 unspecified atom stereocenters. The minimum atomic E-state index is -0.434. The smallest absolute Gasteiger partial charge is 0.225 e. The lowest BCUT2D eigenvalue weighted by Gasteiger charge is -2.38. The van der Waals surface area contributed by atoms with E-state index in [9.17, 15) is 9.18 Å². The highest BCUT2D eigenvalue weighted by Crippen LogP contribution is 2.23. The highest BCUT2D eigenvalue weighted by Gasteiger charge is 2.30. The average molecular weight is 475 g/mol. The van der Waals surface area contributed by atoms with Crippen molar-refractivity contribution in [3.8, 4) is 0 Å². The Labute approximate surface area is 186 Å². The van der Waals surface area contributed by atoms with Gasteiger partial charge in [-0.25, -0.2) is 4.98 Å². The van der Waals surface area contributed by atoms with E-state index < -0.39 is 5.95 Å². The Hall–Kier alpha value is -1.83. The molecule has 2 saturated heterocycles. The first-order chi connectivity index (χ1) is 14.6. The normalized spacial score (nSPS) is 19.2. The molecule has 2 aliphatic heterocycles. The van der Waals surface area contributed by atoms with E-state index in [0.717, 1.165) is 68.7 Å². The lowest BCUT2D eigenvalue weighted by atomic mass is 9.94. The number of rotatable bonds is 5. The summed E-state index contributed by atoms with van der Waals surface area (Å²) in [5.41, 5.74) is 2.23. The molecule has 0 N–H and O–H groups in total. The highest BCUT2D eigenvalue weighted by molar-refractivity contribution is 9.10. The van der Waals surface area contributed by atoms with Crippen LogP contribution in [0, 0.1) is 11.9 Å². The van der Waals surface area contributed by atoms with Crippen LogP contribution in [0.4, 0.5) is 4.39 Å². The van der Waals surface area contributed by atoms with Crippen molar-refractivity contribution in [2.45, 2.75) is 25.9 Å². The van der Waals surface area contributed by atoms with Gasteiger partial charge in [0, 0.05) is 55.9 Å². The van der Waals surface area contributed by atoms with Gasteiger partial charge in [-0.1, -0.05) is 34.1 Å². The van der Waals surface area contributed by atoms with Crippen molar-refractivity contribution >= 4 is 21.8 Å². The minimum absolute atomic E-state index is 0.116. The number of likely N-dealkylation sites (tertiary alicyclic amines) is 1. The molecular weight excluding hydrogens is 447 g/mol. The zero-order valence-electron chi connectivity index (χ0n) is 17.1. The lowest BCUT2D eigenvalue weighted by molar-refractivity contribution is -0.139. The third-order valence-electron chi connectivity index (χ3n) is 6.17. The molecule has 0 saturated carbocycles. The monoisotopic (exact) mass is 474 g/mol. The number of carbonyl (C=O) groups is 1. The van der Waals surface area contributed by atoms with Crippen LogP contribution in [0.1, 0.15) is 24.0 Å². The number of aromatic nitrogens is 1. The molecule has 2 aromatic rings. The maximum absolute atomic E-state index is 13.3.